The third-order valence-electron chi connectivity index (χ3n) is 14.4. The summed E-state index contributed by atoms with van der Waals surface area (Å²) in [7, 11) is 0. The van der Waals surface area contributed by atoms with Crippen molar-refractivity contribution in [3.05, 3.63) is 95.6 Å². The molecule has 3 aliphatic rings. The molecule has 1 saturated carbocycles. The summed E-state index contributed by atoms with van der Waals surface area (Å²) in [5.41, 5.74) is 13.7. The van der Waals surface area contributed by atoms with Crippen molar-refractivity contribution in [2.24, 2.45) is 23.7 Å². The number of carbonyl (C=O) groups is 2. The van der Waals surface area contributed by atoms with Gasteiger partial charge in [0.1, 0.15) is 23.8 Å². The maximum atomic E-state index is 14.2. The summed E-state index contributed by atoms with van der Waals surface area (Å²) in [6, 6.07) is 17.4. The van der Waals surface area contributed by atoms with E-state index in [1.807, 2.05) is 87.4 Å². The number of hydrogen-bond acceptors (Lipinski definition) is 14. The van der Waals surface area contributed by atoms with Crippen molar-refractivity contribution in [3.8, 4) is 56.3 Å². The predicted octanol–water partition coefficient (Wildman–Crippen LogP) is 8.07. The molecule has 6 heterocycles. The Morgan fingerprint density at radius 1 is 0.986 bits per heavy atom. The quantitative estimate of drug-likeness (QED) is 0.0677. The maximum Gasteiger partial charge on any atom is 0.254 e. The molecule has 71 heavy (non-hydrogen) atoms. The lowest BCUT2D eigenvalue weighted by Crippen LogP contribution is -2.48. The van der Waals surface area contributed by atoms with Crippen molar-refractivity contribution in [2.45, 2.75) is 103 Å². The molecule has 0 unspecified atom stereocenters. The fourth-order valence-electron chi connectivity index (χ4n) is 10.2. The molecule has 5 atom stereocenters. The van der Waals surface area contributed by atoms with Gasteiger partial charge in [-0.3, -0.25) is 14.3 Å². The first kappa shape index (κ1) is 49.4. The Morgan fingerprint density at radius 3 is 2.49 bits per heavy atom. The summed E-state index contributed by atoms with van der Waals surface area (Å²) < 4.78 is 13.7. The van der Waals surface area contributed by atoms with Crippen LogP contribution in [0.25, 0.3) is 32.8 Å². The van der Waals surface area contributed by atoms with Crippen LogP contribution in [-0.4, -0.2) is 107 Å². The van der Waals surface area contributed by atoms with E-state index in [2.05, 4.69) is 47.5 Å². The van der Waals surface area contributed by atoms with Gasteiger partial charge in [0.2, 0.25) is 11.8 Å². The number of aromatic hydroxyl groups is 1. The number of aliphatic hydroxyl groups is 1. The number of likely N-dealkylation sites (tertiary alicyclic amines) is 2. The Balaban J connectivity index is 0.692. The van der Waals surface area contributed by atoms with Crippen molar-refractivity contribution in [1.29, 1.82) is 0 Å². The van der Waals surface area contributed by atoms with Crippen molar-refractivity contribution in [1.82, 2.24) is 45.2 Å². The van der Waals surface area contributed by atoms with Crippen LogP contribution in [0.5, 0.6) is 11.6 Å². The molecule has 0 radical (unpaired) electrons. The molecule has 2 amide bonds. The lowest BCUT2D eigenvalue weighted by molar-refractivity contribution is -0.141. The van der Waals surface area contributed by atoms with E-state index in [-0.39, 0.29) is 48.5 Å². The van der Waals surface area contributed by atoms with E-state index in [9.17, 15) is 19.8 Å². The number of aliphatic hydroxyl groups excluding tert-OH is 1. The van der Waals surface area contributed by atoms with Crippen LogP contribution in [0.1, 0.15) is 101 Å². The van der Waals surface area contributed by atoms with Crippen molar-refractivity contribution in [2.75, 3.05) is 38.5 Å². The number of piperidine rings is 1. The van der Waals surface area contributed by atoms with Gasteiger partial charge in [-0.05, 0) is 118 Å². The number of phenolic OH excluding ortho intramolecular Hbond substituents is 1. The molecule has 0 bridgehead atoms. The number of amides is 2. The van der Waals surface area contributed by atoms with E-state index in [1.54, 1.807) is 41.8 Å². The minimum absolute atomic E-state index is 0.0638. The Bertz CT molecular complexity index is 2850. The predicted molar refractivity (Wildman–Crippen MR) is 272 cm³/mol. The average Bonchev–Trinajstić information content (AvgIpc) is 4.19. The molecule has 3 fully saturated rings. The lowest BCUT2D eigenvalue weighted by Gasteiger charge is -2.39. The summed E-state index contributed by atoms with van der Waals surface area (Å²) >= 11 is 1.59. The third-order valence-corrected chi connectivity index (χ3v) is 15.4. The number of thiazole rings is 1. The van der Waals surface area contributed by atoms with Gasteiger partial charge < -0.3 is 40.3 Å². The van der Waals surface area contributed by atoms with E-state index >= 15 is 0 Å². The Morgan fingerprint density at radius 2 is 1.76 bits per heavy atom. The number of benzene rings is 2. The average molecular weight is 981 g/mol. The topological polar surface area (TPSA) is 211 Å². The SMILES string of the molecule is Cc1ncsc1-c1ccc([C@H](C)NC(=O)[C@@H]2C[C@@H](O)CN2C(=O)[C@H](c2cc(OCCC3CCN(CC4CC(C#C[C@H](C)n5cc(-c6cc(-c7ccccc7O)nnc6N)cn5)C4)CC3)no2)C(C)C)cc1. The number of nitrogens with one attached hydrogen (secondary N) is 1. The molecular formula is C54H64N10O6S. The summed E-state index contributed by atoms with van der Waals surface area (Å²) in [6.45, 7) is 13.6. The van der Waals surface area contributed by atoms with Crippen molar-refractivity contribution in [3.63, 3.8) is 0 Å². The van der Waals surface area contributed by atoms with Gasteiger partial charge >= 0.3 is 0 Å². The highest BCUT2D eigenvalue weighted by molar-refractivity contribution is 7.13. The monoisotopic (exact) mass is 980 g/mol. The zero-order chi connectivity index (χ0) is 49.8. The number of para-hydroxylation sites is 1. The number of nitrogen functional groups attached to an aromatic ring is 1. The minimum atomic E-state index is -0.817. The van der Waals surface area contributed by atoms with Gasteiger partial charge in [-0.1, -0.05) is 62.1 Å². The summed E-state index contributed by atoms with van der Waals surface area (Å²) in [5.74, 6) is 8.22. The van der Waals surface area contributed by atoms with Gasteiger partial charge in [-0.2, -0.15) is 5.10 Å². The van der Waals surface area contributed by atoms with Crippen LogP contribution >= 0.6 is 11.3 Å². The van der Waals surface area contributed by atoms with Gasteiger partial charge in [-0.15, -0.1) is 21.5 Å². The number of aryl methyl sites for hydroxylation is 1. The van der Waals surface area contributed by atoms with E-state index in [0.29, 0.717) is 58.6 Å². The van der Waals surface area contributed by atoms with E-state index in [4.69, 9.17) is 15.0 Å². The highest BCUT2D eigenvalue weighted by atomic mass is 32.1. The summed E-state index contributed by atoms with van der Waals surface area (Å²) in [5, 5.41) is 41.2. The molecule has 17 heteroatoms. The molecule has 1 aliphatic carbocycles. The standard InChI is InChI=1S/C54H64N10O6S/c1-32(2)50(54(68)63-30-42(65)24-46(63)53(67)58-34(4)39-12-14-40(15-13-39)51-35(5)56-31-71-51)48-26-49(61-70-48)69-21-18-36-16-19-62(20-17-36)28-38-22-37(23-38)11-10-33(3)64-29-41(27-57-64)44-25-45(59-60-52(44)55)43-8-6-7-9-47(43)66/h6-9,12-15,25-27,29,31-34,36-38,42,46,50,65-66H,16-24,28,30H2,1-5H3,(H2,55,60)(H,58,67)/t33-,34-,37?,38?,42+,46-,50-/m0/s1. The fraction of sp³-hybridized carbons (Fsp3) is 0.463. The smallest absolute Gasteiger partial charge is 0.254 e. The van der Waals surface area contributed by atoms with E-state index in [1.165, 1.54) is 4.90 Å². The second-order valence-corrected chi connectivity index (χ2v) is 20.8. The first-order valence-corrected chi connectivity index (χ1v) is 25.7. The zero-order valence-electron chi connectivity index (χ0n) is 41.1. The van der Waals surface area contributed by atoms with Gasteiger partial charge in [0, 0.05) is 54.4 Å². The highest BCUT2D eigenvalue weighted by Gasteiger charge is 2.43. The van der Waals surface area contributed by atoms with Crippen LogP contribution in [-0.2, 0) is 9.59 Å². The molecule has 5 N–H and O–H groups in total. The molecule has 9 rings (SSSR count). The van der Waals surface area contributed by atoms with Crippen LogP contribution in [0, 0.1) is 42.4 Å². The molecule has 0 spiro atoms. The largest absolute Gasteiger partial charge is 0.507 e. The molecule has 16 nitrogen and oxygen atoms in total. The number of aromatic nitrogens is 6. The molecule has 4 aromatic heterocycles. The van der Waals surface area contributed by atoms with Gasteiger partial charge in [-0.25, -0.2) is 4.98 Å². The molecule has 372 valence electrons. The Labute approximate surface area is 419 Å². The lowest BCUT2D eigenvalue weighted by atomic mass is 9.74. The number of phenols is 1. The number of nitrogens with two attached hydrogens (primary N) is 1. The summed E-state index contributed by atoms with van der Waals surface area (Å²) in [4.78, 5) is 37.5. The van der Waals surface area contributed by atoms with Gasteiger partial charge in [0.15, 0.2) is 11.6 Å². The highest BCUT2D eigenvalue weighted by Crippen LogP contribution is 2.37. The molecule has 2 aromatic carbocycles. The minimum Gasteiger partial charge on any atom is -0.507 e. The molecule has 2 aliphatic heterocycles. The second kappa shape index (κ2) is 21.8. The fourth-order valence-corrected chi connectivity index (χ4v) is 11.0. The Kier molecular flexibility index (Phi) is 15.2. The number of carbonyl (C=O) groups excluding carboxylic acids is 2. The Hall–Kier alpha value is -6.61. The maximum absolute atomic E-state index is 14.2. The molecule has 2 saturated heterocycles. The summed E-state index contributed by atoms with van der Waals surface area (Å²) in [6.07, 6.45) is 8.37. The van der Waals surface area contributed by atoms with Crippen LogP contribution in [0.4, 0.5) is 5.82 Å². The van der Waals surface area contributed by atoms with E-state index < -0.39 is 18.1 Å². The van der Waals surface area contributed by atoms with E-state index in [0.717, 1.165) is 79.0 Å². The number of anilines is 1. The number of nitrogens with zero attached hydrogens (tertiary/aromatic N) is 8. The van der Waals surface area contributed by atoms with Crippen molar-refractivity contribution >= 4 is 29.0 Å². The zero-order valence-corrected chi connectivity index (χ0v) is 41.9. The number of hydrogen-bond donors (Lipinski definition) is 4. The molecule has 6 aromatic rings. The van der Waals surface area contributed by atoms with Crippen LogP contribution in [0.3, 0.4) is 0 Å². The number of β-amino-alcohol motifs (C(OH)–C–C–N with tert-alkyl or cyclic N) is 1. The van der Waals surface area contributed by atoms with Crippen molar-refractivity contribution < 1.29 is 29.1 Å². The number of ether oxygens (including phenoxy) is 1. The second-order valence-electron chi connectivity index (χ2n) is 19.9. The first-order chi connectivity index (χ1) is 34.3. The first-order valence-electron chi connectivity index (χ1n) is 24.9. The van der Waals surface area contributed by atoms with Gasteiger partial charge in [0.05, 0.1) is 46.7 Å². The van der Waals surface area contributed by atoms with Crippen LogP contribution < -0.4 is 15.8 Å². The third kappa shape index (κ3) is 11.5. The molecular weight excluding hydrogens is 917 g/mol. The van der Waals surface area contributed by atoms with Crippen LogP contribution in [0.15, 0.2) is 83.1 Å². The number of rotatable bonds is 16. The van der Waals surface area contributed by atoms with Gasteiger partial charge in [0.25, 0.3) is 5.88 Å². The van der Waals surface area contributed by atoms with Crippen LogP contribution in [0.2, 0.25) is 0 Å². The normalized spacial score (nSPS) is 20.7.